The lowest BCUT2D eigenvalue weighted by Crippen LogP contribution is -2.21. The molecule has 0 bridgehead atoms. The van der Waals surface area contributed by atoms with E-state index in [2.05, 4.69) is 5.32 Å². The van der Waals surface area contributed by atoms with Crippen LogP contribution >= 0.6 is 0 Å². The molecule has 0 aromatic heterocycles. The average molecular weight is 405 g/mol. The van der Waals surface area contributed by atoms with E-state index >= 15 is 0 Å². The van der Waals surface area contributed by atoms with Gasteiger partial charge in [-0.3, -0.25) is 25.0 Å². The lowest BCUT2D eigenvalue weighted by molar-refractivity contribution is -0.394. The molecule has 0 aliphatic rings. The van der Waals surface area contributed by atoms with Crippen molar-refractivity contribution in [3.05, 3.63) is 62.2 Å². The number of hydrogen-bond acceptors (Lipinski definition) is 8. The van der Waals surface area contributed by atoms with Crippen molar-refractivity contribution in [3.8, 4) is 11.5 Å². The number of carboxylic acid groups (broad SMARTS) is 1. The van der Waals surface area contributed by atoms with Crippen LogP contribution in [0.4, 0.5) is 17.1 Å². The number of nitrogens with one attached hydrogen (secondary N) is 1. The summed E-state index contributed by atoms with van der Waals surface area (Å²) >= 11 is 0. The molecule has 0 radical (unpaired) electrons. The quantitative estimate of drug-likeness (QED) is 0.469. The average Bonchev–Trinajstić information content (AvgIpc) is 2.66. The maximum absolute atomic E-state index is 12.1. The van der Waals surface area contributed by atoms with Crippen LogP contribution in [0, 0.1) is 27.2 Å². The van der Waals surface area contributed by atoms with E-state index in [4.69, 9.17) is 14.6 Å². The second-order valence-electron chi connectivity index (χ2n) is 5.66. The van der Waals surface area contributed by atoms with Crippen LogP contribution in [0.1, 0.15) is 5.56 Å². The van der Waals surface area contributed by atoms with Gasteiger partial charge < -0.3 is 19.9 Å². The molecule has 2 rings (SSSR count). The van der Waals surface area contributed by atoms with Crippen LogP contribution in [0.15, 0.2) is 36.4 Å². The van der Waals surface area contributed by atoms with Crippen LogP contribution in [0.3, 0.4) is 0 Å². The Hall–Kier alpha value is -4.22. The first kappa shape index (κ1) is 21.1. The molecule has 0 aliphatic carbocycles. The zero-order valence-electron chi connectivity index (χ0n) is 15.0. The van der Waals surface area contributed by atoms with Crippen LogP contribution < -0.4 is 14.8 Å². The van der Waals surface area contributed by atoms with E-state index in [1.165, 1.54) is 18.2 Å². The van der Waals surface area contributed by atoms with Gasteiger partial charge in [-0.15, -0.1) is 0 Å². The van der Waals surface area contributed by atoms with Gasteiger partial charge in [0, 0.05) is 11.8 Å². The van der Waals surface area contributed by atoms with Gasteiger partial charge in [-0.05, 0) is 36.8 Å². The maximum Gasteiger partial charge on any atom is 0.341 e. The van der Waals surface area contributed by atoms with Gasteiger partial charge in [-0.2, -0.15) is 0 Å². The standard InChI is InChI=1S/C17H15N3O9/c1-10-6-12(28-9-17(22)23)3-4-13(10)18-16(21)8-29-15-5-2-11(19(24)25)7-14(15)20(26)27/h2-7H,8-9H2,1H3,(H,18,21)(H,22,23). The predicted molar refractivity (Wildman–Crippen MR) is 98.2 cm³/mol. The zero-order valence-corrected chi connectivity index (χ0v) is 15.0. The number of nitro groups is 2. The molecule has 2 aromatic rings. The Morgan fingerprint density at radius 3 is 2.34 bits per heavy atom. The minimum atomic E-state index is -1.13. The van der Waals surface area contributed by atoms with Crippen LogP contribution in [0.25, 0.3) is 0 Å². The normalized spacial score (nSPS) is 10.1. The van der Waals surface area contributed by atoms with Crippen LogP contribution in [0.5, 0.6) is 11.5 Å². The Kier molecular flexibility index (Phi) is 6.63. The van der Waals surface area contributed by atoms with Crippen LogP contribution in [-0.4, -0.2) is 40.0 Å². The van der Waals surface area contributed by atoms with E-state index in [0.29, 0.717) is 17.0 Å². The van der Waals surface area contributed by atoms with E-state index in [9.17, 15) is 29.8 Å². The number of amides is 1. The number of benzene rings is 2. The molecule has 0 saturated carbocycles. The second-order valence-corrected chi connectivity index (χ2v) is 5.66. The molecule has 1 amide bonds. The van der Waals surface area contributed by atoms with Gasteiger partial charge in [0.05, 0.1) is 15.9 Å². The van der Waals surface area contributed by atoms with Crippen molar-refractivity contribution >= 4 is 28.9 Å². The topological polar surface area (TPSA) is 171 Å². The highest BCUT2D eigenvalue weighted by Gasteiger charge is 2.21. The monoisotopic (exact) mass is 405 g/mol. The van der Waals surface area contributed by atoms with Gasteiger partial charge in [0.1, 0.15) is 5.75 Å². The SMILES string of the molecule is Cc1cc(OCC(=O)O)ccc1NC(=O)COc1ccc([N+](=O)[O-])cc1[N+](=O)[O-]. The van der Waals surface area contributed by atoms with E-state index in [-0.39, 0.29) is 5.75 Å². The Labute approximate surface area is 163 Å². The number of nitrogens with zero attached hydrogens (tertiary/aromatic N) is 2. The Bertz CT molecular complexity index is 975. The lowest BCUT2D eigenvalue weighted by Gasteiger charge is -2.11. The Morgan fingerprint density at radius 2 is 1.76 bits per heavy atom. The van der Waals surface area contributed by atoms with Gasteiger partial charge in [0.2, 0.25) is 0 Å². The number of hydrogen-bond donors (Lipinski definition) is 2. The van der Waals surface area contributed by atoms with Gasteiger partial charge >= 0.3 is 11.7 Å². The van der Waals surface area contributed by atoms with Crippen molar-refractivity contribution in [1.82, 2.24) is 0 Å². The highest BCUT2D eigenvalue weighted by molar-refractivity contribution is 5.92. The minimum Gasteiger partial charge on any atom is -0.482 e. The van der Waals surface area contributed by atoms with E-state index in [0.717, 1.165) is 18.2 Å². The van der Waals surface area contributed by atoms with Crippen molar-refractivity contribution in [2.45, 2.75) is 6.92 Å². The van der Waals surface area contributed by atoms with Crippen molar-refractivity contribution in [3.63, 3.8) is 0 Å². The number of carbonyl (C=O) groups excluding carboxylic acids is 1. The Balaban J connectivity index is 2.02. The molecule has 29 heavy (non-hydrogen) atoms. The van der Waals surface area contributed by atoms with Crippen molar-refractivity contribution < 1.29 is 34.0 Å². The number of ether oxygens (including phenoxy) is 2. The first-order chi connectivity index (χ1) is 13.7. The summed E-state index contributed by atoms with van der Waals surface area (Å²) in [4.78, 5) is 42.7. The molecule has 0 saturated heterocycles. The zero-order chi connectivity index (χ0) is 21.6. The first-order valence-electron chi connectivity index (χ1n) is 7.98. The van der Waals surface area contributed by atoms with Gasteiger partial charge in [-0.1, -0.05) is 0 Å². The third-order valence-electron chi connectivity index (χ3n) is 3.54. The summed E-state index contributed by atoms with van der Waals surface area (Å²) in [5.74, 6) is -1.73. The number of carbonyl (C=O) groups is 2. The van der Waals surface area contributed by atoms with E-state index < -0.39 is 46.3 Å². The fraction of sp³-hybridized carbons (Fsp3) is 0.176. The maximum atomic E-state index is 12.1. The summed E-state index contributed by atoms with van der Waals surface area (Å²) in [6.07, 6.45) is 0. The molecule has 2 N–H and O–H groups in total. The number of anilines is 1. The van der Waals surface area contributed by atoms with Gasteiger partial charge in [-0.25, -0.2) is 4.79 Å². The predicted octanol–water partition coefficient (Wildman–Crippen LogP) is 2.29. The summed E-state index contributed by atoms with van der Waals surface area (Å²) in [7, 11) is 0. The van der Waals surface area contributed by atoms with Gasteiger partial charge in [0.25, 0.3) is 11.6 Å². The summed E-state index contributed by atoms with van der Waals surface area (Å²) in [6.45, 7) is 0.577. The number of carboxylic acids is 1. The molecule has 0 spiro atoms. The first-order valence-corrected chi connectivity index (χ1v) is 7.98. The molecule has 0 unspecified atom stereocenters. The third-order valence-corrected chi connectivity index (χ3v) is 3.54. The third kappa shape index (κ3) is 5.89. The Morgan fingerprint density at radius 1 is 1.03 bits per heavy atom. The fourth-order valence-corrected chi connectivity index (χ4v) is 2.22. The second kappa shape index (κ2) is 9.12. The van der Waals surface area contributed by atoms with Crippen LogP contribution in [-0.2, 0) is 9.59 Å². The number of aliphatic carboxylic acids is 1. The van der Waals surface area contributed by atoms with E-state index in [1.807, 2.05) is 0 Å². The molecule has 0 atom stereocenters. The smallest absolute Gasteiger partial charge is 0.341 e. The molecule has 0 heterocycles. The molecule has 0 fully saturated rings. The van der Waals surface area contributed by atoms with Crippen LogP contribution in [0.2, 0.25) is 0 Å². The summed E-state index contributed by atoms with van der Waals surface area (Å²) in [5.41, 5.74) is -0.125. The fourth-order valence-electron chi connectivity index (χ4n) is 2.22. The highest BCUT2D eigenvalue weighted by Crippen LogP contribution is 2.31. The molecule has 152 valence electrons. The lowest BCUT2D eigenvalue weighted by atomic mass is 10.2. The summed E-state index contributed by atoms with van der Waals surface area (Å²) < 4.78 is 10.2. The van der Waals surface area contributed by atoms with Crippen molar-refractivity contribution in [2.24, 2.45) is 0 Å². The minimum absolute atomic E-state index is 0.287. The molecular weight excluding hydrogens is 390 g/mol. The molecule has 2 aromatic carbocycles. The van der Waals surface area contributed by atoms with Crippen molar-refractivity contribution in [1.29, 1.82) is 0 Å². The number of rotatable bonds is 9. The largest absolute Gasteiger partial charge is 0.482 e. The van der Waals surface area contributed by atoms with Crippen molar-refractivity contribution in [2.75, 3.05) is 18.5 Å². The summed E-state index contributed by atoms with van der Waals surface area (Å²) in [5, 5.41) is 32.9. The molecular formula is C17H15N3O9. The molecule has 12 nitrogen and oxygen atoms in total. The number of aryl methyl sites for hydroxylation is 1. The van der Waals surface area contributed by atoms with Gasteiger partial charge in [0.15, 0.2) is 19.0 Å². The molecule has 0 aliphatic heterocycles. The molecule has 12 heteroatoms. The number of nitro benzene ring substituents is 2. The summed E-state index contributed by atoms with van der Waals surface area (Å²) in [6, 6.07) is 7.31. The van der Waals surface area contributed by atoms with E-state index in [1.54, 1.807) is 6.92 Å². The number of non-ortho nitro benzene ring substituents is 1. The highest BCUT2D eigenvalue weighted by atomic mass is 16.6.